The summed E-state index contributed by atoms with van der Waals surface area (Å²) in [5.74, 6) is -0.251. The maximum Gasteiger partial charge on any atom is 0.123 e. The average Bonchev–Trinajstić information content (AvgIpc) is 2.49. The summed E-state index contributed by atoms with van der Waals surface area (Å²) in [5, 5.41) is 9.94. The molecule has 106 valence electrons. The van der Waals surface area contributed by atoms with E-state index < -0.39 is 0 Å². The molecular weight excluding hydrogens is 319 g/mol. The van der Waals surface area contributed by atoms with Crippen LogP contribution in [-0.2, 0) is 11.8 Å². The van der Waals surface area contributed by atoms with Crippen LogP contribution in [0.4, 0.5) is 4.39 Å². The van der Waals surface area contributed by atoms with Crippen molar-refractivity contribution >= 4 is 15.9 Å². The van der Waals surface area contributed by atoms with Crippen molar-refractivity contribution in [2.24, 2.45) is 0 Å². The molecule has 0 amide bonds. The Hall–Kier alpha value is -1.19. The molecule has 0 aromatic heterocycles. The van der Waals surface area contributed by atoms with Crippen molar-refractivity contribution in [1.29, 1.82) is 0 Å². The number of benzene rings is 2. The fourth-order valence-corrected chi connectivity index (χ4v) is 2.91. The Morgan fingerprint density at radius 2 is 1.85 bits per heavy atom. The summed E-state index contributed by atoms with van der Waals surface area (Å²) in [6, 6.07) is 14.6. The third-order valence-corrected chi connectivity index (χ3v) is 4.68. The monoisotopic (exact) mass is 336 g/mol. The van der Waals surface area contributed by atoms with Crippen molar-refractivity contribution in [2.75, 3.05) is 6.61 Å². The number of aliphatic hydroxyl groups is 1. The molecule has 0 saturated carbocycles. The van der Waals surface area contributed by atoms with E-state index in [-0.39, 0.29) is 17.8 Å². The van der Waals surface area contributed by atoms with Crippen LogP contribution in [0.25, 0.3) is 0 Å². The summed E-state index contributed by atoms with van der Waals surface area (Å²) in [7, 11) is 0. The first-order chi connectivity index (χ1) is 9.61. The Morgan fingerprint density at radius 3 is 2.45 bits per heavy atom. The summed E-state index contributed by atoms with van der Waals surface area (Å²) < 4.78 is 14.3. The Bertz CT molecular complexity index is 564. The molecule has 0 saturated heterocycles. The molecule has 1 unspecified atom stereocenters. The molecule has 1 nitrogen and oxygen atoms in total. The highest BCUT2D eigenvalue weighted by Crippen LogP contribution is 2.34. The number of aliphatic hydroxyl groups excluding tert-OH is 1. The van der Waals surface area contributed by atoms with Crippen molar-refractivity contribution in [2.45, 2.75) is 25.2 Å². The van der Waals surface area contributed by atoms with Crippen LogP contribution in [0.5, 0.6) is 0 Å². The molecule has 0 spiro atoms. The molecule has 2 rings (SSSR count). The number of hydrogen-bond acceptors (Lipinski definition) is 1. The highest BCUT2D eigenvalue weighted by molar-refractivity contribution is 9.10. The third-order valence-electron chi connectivity index (χ3n) is 3.90. The number of halogens is 2. The molecule has 1 atom stereocenters. The van der Waals surface area contributed by atoms with E-state index in [2.05, 4.69) is 22.9 Å². The van der Waals surface area contributed by atoms with Gasteiger partial charge < -0.3 is 5.11 Å². The van der Waals surface area contributed by atoms with Crippen molar-refractivity contribution in [3.8, 4) is 0 Å². The molecule has 0 aliphatic heterocycles. The molecule has 20 heavy (non-hydrogen) atoms. The van der Waals surface area contributed by atoms with Gasteiger partial charge in [-0.15, -0.1) is 0 Å². The first kappa shape index (κ1) is 15.2. The minimum Gasteiger partial charge on any atom is -0.395 e. The van der Waals surface area contributed by atoms with E-state index >= 15 is 0 Å². The van der Waals surface area contributed by atoms with Crippen molar-refractivity contribution < 1.29 is 9.50 Å². The normalized spacial score (nSPS) is 14.0. The van der Waals surface area contributed by atoms with Gasteiger partial charge in [-0.05, 0) is 42.2 Å². The van der Waals surface area contributed by atoms with Crippen LogP contribution >= 0.6 is 15.9 Å². The van der Waals surface area contributed by atoms with Gasteiger partial charge in [0.1, 0.15) is 5.82 Å². The van der Waals surface area contributed by atoms with Gasteiger partial charge in [-0.2, -0.15) is 0 Å². The molecule has 3 heteroatoms. The van der Waals surface area contributed by atoms with Crippen LogP contribution in [0.1, 0.15) is 24.5 Å². The van der Waals surface area contributed by atoms with Crippen LogP contribution in [-0.4, -0.2) is 11.7 Å². The number of hydrogen-bond donors (Lipinski definition) is 1. The lowest BCUT2D eigenvalue weighted by molar-refractivity contribution is 0.186. The molecule has 0 aliphatic rings. The predicted molar refractivity (Wildman–Crippen MR) is 83.3 cm³/mol. The summed E-state index contributed by atoms with van der Waals surface area (Å²) in [5.41, 5.74) is 1.59. The van der Waals surface area contributed by atoms with E-state index in [0.29, 0.717) is 6.42 Å². The van der Waals surface area contributed by atoms with E-state index in [4.69, 9.17) is 0 Å². The first-order valence-corrected chi connectivity index (χ1v) is 7.51. The van der Waals surface area contributed by atoms with Gasteiger partial charge in [-0.25, -0.2) is 4.39 Å². The second kappa shape index (κ2) is 6.51. The second-order valence-electron chi connectivity index (χ2n) is 5.07. The Morgan fingerprint density at radius 1 is 1.15 bits per heavy atom. The van der Waals surface area contributed by atoms with Gasteiger partial charge in [0.25, 0.3) is 0 Å². The first-order valence-electron chi connectivity index (χ1n) is 6.71. The molecular formula is C17H18BrFO. The fraction of sp³-hybridized carbons (Fsp3) is 0.294. The van der Waals surface area contributed by atoms with E-state index in [1.165, 1.54) is 12.1 Å². The Balaban J connectivity index is 2.42. The van der Waals surface area contributed by atoms with Gasteiger partial charge in [0, 0.05) is 9.89 Å². The van der Waals surface area contributed by atoms with Crippen molar-refractivity contribution in [3.05, 3.63) is 69.9 Å². The predicted octanol–water partition coefficient (Wildman–Crippen LogP) is 4.47. The minimum atomic E-state index is -0.377. The Labute approximate surface area is 127 Å². The molecule has 2 aromatic carbocycles. The molecule has 0 aliphatic carbocycles. The van der Waals surface area contributed by atoms with Gasteiger partial charge in [0.2, 0.25) is 0 Å². The quantitative estimate of drug-likeness (QED) is 0.853. The minimum absolute atomic E-state index is 0.0382. The lowest BCUT2D eigenvalue weighted by Crippen LogP contribution is -2.32. The summed E-state index contributed by atoms with van der Waals surface area (Å²) in [4.78, 5) is 0. The van der Waals surface area contributed by atoms with Gasteiger partial charge in [0.15, 0.2) is 0 Å². The lowest BCUT2D eigenvalue weighted by Gasteiger charge is -2.32. The second-order valence-corrected chi connectivity index (χ2v) is 5.92. The largest absolute Gasteiger partial charge is 0.395 e. The van der Waals surface area contributed by atoms with Crippen LogP contribution in [0, 0.1) is 5.82 Å². The van der Waals surface area contributed by atoms with Crippen molar-refractivity contribution in [3.63, 3.8) is 0 Å². The zero-order valence-electron chi connectivity index (χ0n) is 11.4. The molecule has 0 fully saturated rings. The highest BCUT2D eigenvalue weighted by atomic mass is 79.9. The Kier molecular flexibility index (Phi) is 4.95. The van der Waals surface area contributed by atoms with Gasteiger partial charge in [0.05, 0.1) is 6.61 Å². The summed E-state index contributed by atoms with van der Waals surface area (Å²) in [6.45, 7) is 2.09. The van der Waals surface area contributed by atoms with Crippen LogP contribution < -0.4 is 0 Å². The van der Waals surface area contributed by atoms with Gasteiger partial charge in [-0.3, -0.25) is 0 Å². The molecule has 0 bridgehead atoms. The molecule has 0 radical (unpaired) electrons. The third kappa shape index (κ3) is 3.10. The zero-order chi connectivity index (χ0) is 14.6. The maximum absolute atomic E-state index is 13.4. The highest BCUT2D eigenvalue weighted by Gasteiger charge is 2.30. The topological polar surface area (TPSA) is 20.2 Å². The number of rotatable bonds is 5. The van der Waals surface area contributed by atoms with E-state index in [9.17, 15) is 9.50 Å². The van der Waals surface area contributed by atoms with Gasteiger partial charge >= 0.3 is 0 Å². The molecule has 2 aromatic rings. The summed E-state index contributed by atoms with van der Waals surface area (Å²) >= 11 is 3.47. The summed E-state index contributed by atoms with van der Waals surface area (Å²) in [6.07, 6.45) is 1.39. The SMILES string of the molecule is CCC(CO)(Cc1cc(F)ccc1Br)c1ccccc1. The molecule has 1 N–H and O–H groups in total. The van der Waals surface area contributed by atoms with Crippen LogP contribution in [0.15, 0.2) is 53.0 Å². The lowest BCUT2D eigenvalue weighted by atomic mass is 9.74. The van der Waals surface area contributed by atoms with Gasteiger partial charge in [-0.1, -0.05) is 53.2 Å². The van der Waals surface area contributed by atoms with Crippen LogP contribution in [0.2, 0.25) is 0 Å². The average molecular weight is 337 g/mol. The van der Waals surface area contributed by atoms with E-state index in [1.54, 1.807) is 6.07 Å². The maximum atomic E-state index is 13.4. The van der Waals surface area contributed by atoms with E-state index in [0.717, 1.165) is 22.0 Å². The smallest absolute Gasteiger partial charge is 0.123 e. The zero-order valence-corrected chi connectivity index (χ0v) is 13.0. The van der Waals surface area contributed by atoms with Crippen LogP contribution in [0.3, 0.4) is 0 Å². The molecule has 0 heterocycles. The van der Waals surface area contributed by atoms with E-state index in [1.807, 2.05) is 30.3 Å². The standard InChI is InChI=1S/C17H18BrFO/c1-2-17(12-20,14-6-4-3-5-7-14)11-13-10-15(19)8-9-16(13)18/h3-10,20H,2,11-12H2,1H3. The van der Waals surface area contributed by atoms with Crippen molar-refractivity contribution in [1.82, 2.24) is 0 Å². The fourth-order valence-electron chi connectivity index (χ4n) is 2.53.